The Balaban J connectivity index is 1.51. The second kappa shape index (κ2) is 9.41. The van der Waals surface area contributed by atoms with Gasteiger partial charge >= 0.3 is 0 Å². The Kier molecular flexibility index (Phi) is 6.58. The molecule has 0 saturated carbocycles. The van der Waals surface area contributed by atoms with Gasteiger partial charge in [-0.3, -0.25) is 14.2 Å². The molecule has 4 aromatic rings. The Morgan fingerprint density at radius 2 is 1.61 bits per heavy atom. The Morgan fingerprint density at radius 3 is 2.30 bits per heavy atom. The van der Waals surface area contributed by atoms with E-state index in [1.54, 1.807) is 6.07 Å². The van der Waals surface area contributed by atoms with E-state index in [-0.39, 0.29) is 5.91 Å². The Bertz CT molecular complexity index is 1340. The standard InChI is InChI=1S/C25H25Cl2N5O/c1-15-10-16(2)31(29-15)13-19-6-5-7-21(11-19)25(33)28-24-17(3)30-32(18(24)4)14-20-8-9-22(26)23(27)12-20/h5-12H,13-14H2,1-4H3,(H,28,33). The number of carbonyl (C=O) groups excluding carboxylic acids is 1. The van der Waals surface area contributed by atoms with Crippen molar-refractivity contribution in [2.24, 2.45) is 0 Å². The quantitative estimate of drug-likeness (QED) is 0.368. The molecule has 2 heterocycles. The smallest absolute Gasteiger partial charge is 0.255 e. The van der Waals surface area contributed by atoms with E-state index in [2.05, 4.69) is 15.5 Å². The first-order chi connectivity index (χ1) is 15.7. The van der Waals surface area contributed by atoms with E-state index >= 15 is 0 Å². The summed E-state index contributed by atoms with van der Waals surface area (Å²) >= 11 is 12.2. The normalized spacial score (nSPS) is 11.1. The molecule has 0 saturated heterocycles. The van der Waals surface area contributed by atoms with Crippen molar-refractivity contribution in [1.29, 1.82) is 0 Å². The van der Waals surface area contributed by atoms with Gasteiger partial charge in [-0.25, -0.2) is 0 Å². The highest BCUT2D eigenvalue weighted by Crippen LogP contribution is 2.25. The summed E-state index contributed by atoms with van der Waals surface area (Å²) in [5.41, 5.74) is 6.97. The lowest BCUT2D eigenvalue weighted by molar-refractivity contribution is 0.102. The second-order valence-corrected chi connectivity index (χ2v) is 9.01. The molecule has 0 spiro atoms. The van der Waals surface area contributed by atoms with E-state index in [9.17, 15) is 4.79 Å². The van der Waals surface area contributed by atoms with Crippen molar-refractivity contribution in [3.63, 3.8) is 0 Å². The first-order valence-corrected chi connectivity index (χ1v) is 11.4. The lowest BCUT2D eigenvalue weighted by Gasteiger charge is -2.10. The maximum Gasteiger partial charge on any atom is 0.255 e. The summed E-state index contributed by atoms with van der Waals surface area (Å²) in [6.07, 6.45) is 0. The molecule has 2 aromatic heterocycles. The Morgan fingerprint density at radius 1 is 0.879 bits per heavy atom. The highest BCUT2D eigenvalue weighted by atomic mass is 35.5. The molecule has 0 unspecified atom stereocenters. The van der Waals surface area contributed by atoms with Gasteiger partial charge in [-0.1, -0.05) is 41.4 Å². The number of benzene rings is 2. The van der Waals surface area contributed by atoms with Crippen molar-refractivity contribution in [2.45, 2.75) is 40.8 Å². The van der Waals surface area contributed by atoms with Gasteiger partial charge in [0.2, 0.25) is 0 Å². The number of nitrogens with zero attached hydrogens (tertiary/aromatic N) is 4. The second-order valence-electron chi connectivity index (χ2n) is 8.19. The SMILES string of the molecule is Cc1cc(C)n(Cc2cccc(C(=O)Nc3c(C)nn(Cc4ccc(Cl)c(Cl)c4)c3C)c2)n1. The number of aromatic nitrogens is 4. The summed E-state index contributed by atoms with van der Waals surface area (Å²) in [5.74, 6) is -0.175. The minimum atomic E-state index is -0.175. The first kappa shape index (κ1) is 23.1. The molecule has 4 rings (SSSR count). The fourth-order valence-corrected chi connectivity index (χ4v) is 4.17. The summed E-state index contributed by atoms with van der Waals surface area (Å²) < 4.78 is 3.79. The summed E-state index contributed by atoms with van der Waals surface area (Å²) in [4.78, 5) is 13.0. The van der Waals surface area contributed by atoms with Crippen molar-refractivity contribution in [3.05, 3.63) is 98.0 Å². The number of carbonyl (C=O) groups is 1. The molecule has 0 atom stereocenters. The number of amides is 1. The molecule has 170 valence electrons. The van der Waals surface area contributed by atoms with Gasteiger partial charge < -0.3 is 5.32 Å². The number of anilines is 1. The van der Waals surface area contributed by atoms with Gasteiger partial charge in [0.15, 0.2) is 0 Å². The van der Waals surface area contributed by atoms with E-state index in [4.69, 9.17) is 23.2 Å². The molecule has 0 bridgehead atoms. The molecule has 1 amide bonds. The van der Waals surface area contributed by atoms with E-state index < -0.39 is 0 Å². The number of nitrogens with one attached hydrogen (secondary N) is 1. The van der Waals surface area contributed by atoms with Crippen LogP contribution in [0.15, 0.2) is 48.5 Å². The van der Waals surface area contributed by atoms with Crippen LogP contribution in [-0.2, 0) is 13.1 Å². The number of hydrogen-bond donors (Lipinski definition) is 1. The van der Waals surface area contributed by atoms with Gasteiger partial charge in [0.05, 0.1) is 45.9 Å². The zero-order valence-electron chi connectivity index (χ0n) is 19.0. The van der Waals surface area contributed by atoms with Crippen LogP contribution in [0.25, 0.3) is 0 Å². The molecule has 0 aliphatic carbocycles. The molecule has 33 heavy (non-hydrogen) atoms. The number of rotatable bonds is 6. The Labute approximate surface area is 203 Å². The van der Waals surface area contributed by atoms with E-state index in [1.807, 2.05) is 79.5 Å². The summed E-state index contributed by atoms with van der Waals surface area (Å²) in [5, 5.41) is 13.2. The van der Waals surface area contributed by atoms with Gasteiger partial charge in [0.25, 0.3) is 5.91 Å². The third-order valence-corrected chi connectivity index (χ3v) is 6.30. The molecule has 1 N–H and O–H groups in total. The van der Waals surface area contributed by atoms with Gasteiger partial charge in [-0.2, -0.15) is 10.2 Å². The minimum Gasteiger partial charge on any atom is -0.319 e. The van der Waals surface area contributed by atoms with Crippen LogP contribution in [0.1, 0.15) is 44.3 Å². The zero-order chi connectivity index (χ0) is 23.7. The van der Waals surface area contributed by atoms with Crippen LogP contribution >= 0.6 is 23.2 Å². The van der Waals surface area contributed by atoms with E-state index in [0.717, 1.165) is 33.9 Å². The molecule has 0 radical (unpaired) electrons. The molecular formula is C25H25Cl2N5O. The molecule has 6 nitrogen and oxygen atoms in total. The largest absolute Gasteiger partial charge is 0.319 e. The molecule has 8 heteroatoms. The molecule has 0 fully saturated rings. The topological polar surface area (TPSA) is 64.7 Å². The van der Waals surface area contributed by atoms with E-state index in [1.165, 1.54) is 0 Å². The van der Waals surface area contributed by atoms with Crippen LogP contribution in [0, 0.1) is 27.7 Å². The maximum atomic E-state index is 13.0. The van der Waals surface area contributed by atoms with E-state index in [0.29, 0.717) is 34.4 Å². The van der Waals surface area contributed by atoms with Crippen molar-refractivity contribution in [3.8, 4) is 0 Å². The third kappa shape index (κ3) is 5.13. The van der Waals surface area contributed by atoms with Gasteiger partial charge in [-0.15, -0.1) is 0 Å². The highest BCUT2D eigenvalue weighted by molar-refractivity contribution is 6.42. The lowest BCUT2D eigenvalue weighted by atomic mass is 10.1. The van der Waals surface area contributed by atoms with Crippen LogP contribution in [0.2, 0.25) is 10.0 Å². The van der Waals surface area contributed by atoms with Crippen LogP contribution < -0.4 is 5.32 Å². The fourth-order valence-electron chi connectivity index (χ4n) is 3.85. The van der Waals surface area contributed by atoms with Gasteiger partial charge in [0, 0.05) is 11.3 Å². The van der Waals surface area contributed by atoms with Gasteiger partial charge in [0.1, 0.15) is 0 Å². The molecule has 0 aliphatic heterocycles. The average Bonchev–Trinajstić information content (AvgIpc) is 3.22. The summed E-state index contributed by atoms with van der Waals surface area (Å²) in [6.45, 7) is 8.95. The zero-order valence-corrected chi connectivity index (χ0v) is 20.5. The Hall–Kier alpha value is -3.09. The maximum absolute atomic E-state index is 13.0. The highest BCUT2D eigenvalue weighted by Gasteiger charge is 2.16. The fraction of sp³-hybridized carbons (Fsp3) is 0.240. The molecule has 0 aliphatic rings. The lowest BCUT2D eigenvalue weighted by Crippen LogP contribution is -2.14. The monoisotopic (exact) mass is 481 g/mol. The number of halogens is 2. The number of aryl methyl sites for hydroxylation is 3. The summed E-state index contributed by atoms with van der Waals surface area (Å²) in [6, 6.07) is 15.2. The van der Waals surface area contributed by atoms with Crippen molar-refractivity contribution < 1.29 is 4.79 Å². The summed E-state index contributed by atoms with van der Waals surface area (Å²) in [7, 11) is 0. The molecule has 2 aromatic carbocycles. The van der Waals surface area contributed by atoms with Crippen molar-refractivity contribution >= 4 is 34.8 Å². The minimum absolute atomic E-state index is 0.175. The van der Waals surface area contributed by atoms with Gasteiger partial charge in [-0.05, 0) is 69.2 Å². The van der Waals surface area contributed by atoms with Crippen molar-refractivity contribution in [1.82, 2.24) is 19.6 Å². The average molecular weight is 482 g/mol. The molecular weight excluding hydrogens is 457 g/mol. The predicted molar refractivity (Wildman–Crippen MR) is 132 cm³/mol. The van der Waals surface area contributed by atoms with Crippen LogP contribution in [0.3, 0.4) is 0 Å². The van der Waals surface area contributed by atoms with Crippen LogP contribution in [0.4, 0.5) is 5.69 Å². The number of hydrogen-bond acceptors (Lipinski definition) is 3. The van der Waals surface area contributed by atoms with Crippen molar-refractivity contribution in [2.75, 3.05) is 5.32 Å². The van der Waals surface area contributed by atoms with Crippen LogP contribution in [0.5, 0.6) is 0 Å². The predicted octanol–water partition coefficient (Wildman–Crippen LogP) is 5.97. The third-order valence-electron chi connectivity index (χ3n) is 5.56. The van der Waals surface area contributed by atoms with Crippen LogP contribution in [-0.4, -0.2) is 25.5 Å². The first-order valence-electron chi connectivity index (χ1n) is 10.6.